The third-order valence-electron chi connectivity index (χ3n) is 5.06. The number of carbonyl (C=O) groups excluding carboxylic acids is 1. The first-order valence-corrected chi connectivity index (χ1v) is 10.3. The third kappa shape index (κ3) is 5.52. The molecular formula is C24H20F3N5O2. The van der Waals surface area contributed by atoms with Gasteiger partial charge in [-0.2, -0.15) is 18.3 Å². The van der Waals surface area contributed by atoms with Crippen LogP contribution in [-0.2, 0) is 12.6 Å². The highest BCUT2D eigenvalue weighted by atomic mass is 19.4. The second kappa shape index (κ2) is 9.65. The Morgan fingerprint density at radius 1 is 0.882 bits per heavy atom. The van der Waals surface area contributed by atoms with E-state index in [9.17, 15) is 22.8 Å². The molecule has 0 saturated heterocycles. The summed E-state index contributed by atoms with van der Waals surface area (Å²) < 4.78 is 38.4. The van der Waals surface area contributed by atoms with Gasteiger partial charge < -0.3 is 16.0 Å². The normalized spacial score (nSPS) is 11.3. The zero-order chi connectivity index (χ0) is 24.1. The number of aromatic nitrogens is 2. The van der Waals surface area contributed by atoms with Gasteiger partial charge in [-0.25, -0.2) is 9.89 Å². The average molecular weight is 467 g/mol. The Balaban J connectivity index is 1.31. The highest BCUT2D eigenvalue weighted by molar-refractivity contribution is 5.99. The van der Waals surface area contributed by atoms with E-state index < -0.39 is 17.8 Å². The second-order valence-corrected chi connectivity index (χ2v) is 7.48. The lowest BCUT2D eigenvalue weighted by atomic mass is 10.1. The van der Waals surface area contributed by atoms with Crippen molar-refractivity contribution in [3.63, 3.8) is 0 Å². The van der Waals surface area contributed by atoms with Gasteiger partial charge in [-0.05, 0) is 48.4 Å². The predicted molar refractivity (Wildman–Crippen MR) is 125 cm³/mol. The van der Waals surface area contributed by atoms with E-state index >= 15 is 0 Å². The number of nitrogens with one attached hydrogen (secondary N) is 4. The minimum absolute atomic E-state index is 0.0402. The Morgan fingerprint density at radius 3 is 2.32 bits per heavy atom. The van der Waals surface area contributed by atoms with Gasteiger partial charge in [-0.15, -0.1) is 0 Å². The molecule has 0 spiro atoms. The maximum absolute atomic E-state index is 12.8. The lowest BCUT2D eigenvalue weighted by Gasteiger charge is -2.11. The molecule has 1 aromatic heterocycles. The van der Waals surface area contributed by atoms with Crippen LogP contribution in [0.1, 0.15) is 11.1 Å². The molecule has 0 saturated carbocycles. The van der Waals surface area contributed by atoms with E-state index in [1.165, 1.54) is 12.1 Å². The Morgan fingerprint density at radius 2 is 1.59 bits per heavy atom. The molecule has 0 fully saturated rings. The van der Waals surface area contributed by atoms with Gasteiger partial charge in [-0.3, -0.25) is 4.79 Å². The fourth-order valence-electron chi connectivity index (χ4n) is 3.40. The summed E-state index contributed by atoms with van der Waals surface area (Å²) in [6, 6.07) is 18.0. The number of hydrogen-bond acceptors (Lipinski definition) is 4. The van der Waals surface area contributed by atoms with E-state index in [1.807, 2.05) is 24.3 Å². The average Bonchev–Trinajstić information content (AvgIpc) is 2.81. The fraction of sp³-hybridized carbons (Fsp3) is 0.125. The van der Waals surface area contributed by atoms with Gasteiger partial charge in [0.25, 0.3) is 5.56 Å². The van der Waals surface area contributed by atoms with Crippen LogP contribution < -0.4 is 21.5 Å². The molecule has 4 N–H and O–H groups in total. The molecule has 34 heavy (non-hydrogen) atoms. The van der Waals surface area contributed by atoms with Gasteiger partial charge in [-0.1, -0.05) is 36.4 Å². The van der Waals surface area contributed by atoms with Crippen molar-refractivity contribution in [2.75, 3.05) is 22.5 Å². The van der Waals surface area contributed by atoms with E-state index in [1.54, 1.807) is 24.3 Å². The smallest absolute Gasteiger partial charge is 0.368 e. The van der Waals surface area contributed by atoms with E-state index in [2.05, 4.69) is 26.1 Å². The highest BCUT2D eigenvalue weighted by Crippen LogP contribution is 2.30. The number of halogens is 3. The van der Waals surface area contributed by atoms with Crippen LogP contribution in [0.3, 0.4) is 0 Å². The zero-order valence-electron chi connectivity index (χ0n) is 17.7. The summed E-state index contributed by atoms with van der Waals surface area (Å²) in [6.07, 6.45) is -3.83. The number of aromatic amines is 1. The van der Waals surface area contributed by atoms with Gasteiger partial charge in [0, 0.05) is 23.3 Å². The summed E-state index contributed by atoms with van der Waals surface area (Å²) in [7, 11) is 0. The SMILES string of the molecule is O=C(Nc1ccc(CCNc2n[nH]c(=O)c3ccccc23)cc1)Nc1cccc(C(F)(F)F)c1. The largest absolute Gasteiger partial charge is 0.416 e. The Bertz CT molecular complexity index is 1370. The van der Waals surface area contributed by atoms with Gasteiger partial charge in [0.05, 0.1) is 10.9 Å². The number of H-pyrrole nitrogens is 1. The van der Waals surface area contributed by atoms with Crippen LogP contribution in [0.4, 0.5) is 35.2 Å². The second-order valence-electron chi connectivity index (χ2n) is 7.48. The van der Waals surface area contributed by atoms with Crippen molar-refractivity contribution in [3.05, 3.63) is 94.3 Å². The molecule has 1 heterocycles. The molecule has 0 aliphatic carbocycles. The fourth-order valence-corrected chi connectivity index (χ4v) is 3.40. The Labute approximate surface area is 192 Å². The van der Waals surface area contributed by atoms with Crippen molar-refractivity contribution < 1.29 is 18.0 Å². The van der Waals surface area contributed by atoms with Crippen molar-refractivity contribution in [2.24, 2.45) is 0 Å². The molecule has 174 valence electrons. The van der Waals surface area contributed by atoms with Crippen LogP contribution in [0.2, 0.25) is 0 Å². The number of hydrogen-bond donors (Lipinski definition) is 4. The van der Waals surface area contributed by atoms with Crippen LogP contribution in [0.25, 0.3) is 10.8 Å². The van der Waals surface area contributed by atoms with Crippen LogP contribution in [0, 0.1) is 0 Å². The first-order chi connectivity index (χ1) is 16.3. The van der Waals surface area contributed by atoms with E-state index in [0.29, 0.717) is 29.9 Å². The van der Waals surface area contributed by atoms with Gasteiger partial charge >= 0.3 is 12.2 Å². The quantitative estimate of drug-likeness (QED) is 0.312. The molecule has 7 nitrogen and oxygen atoms in total. The number of benzene rings is 3. The number of alkyl halides is 3. The lowest BCUT2D eigenvalue weighted by Crippen LogP contribution is -2.19. The van der Waals surface area contributed by atoms with Crippen molar-refractivity contribution in [1.29, 1.82) is 0 Å². The van der Waals surface area contributed by atoms with E-state index in [4.69, 9.17) is 0 Å². The summed E-state index contributed by atoms with van der Waals surface area (Å²) in [4.78, 5) is 24.0. The van der Waals surface area contributed by atoms with E-state index in [-0.39, 0.29) is 11.2 Å². The molecule has 0 bridgehead atoms. The minimum atomic E-state index is -4.49. The first kappa shape index (κ1) is 22.8. The maximum atomic E-state index is 12.8. The standard InChI is InChI=1S/C24H20F3N5O2/c25-24(26,27)16-4-3-5-18(14-16)30-23(34)29-17-10-8-15(9-11-17)12-13-28-21-19-6-1-2-7-20(19)22(33)32-31-21/h1-11,14H,12-13H2,(H,28,31)(H,32,33)(H2,29,30,34). The number of fused-ring (bicyclic) bond motifs is 1. The number of urea groups is 1. The molecule has 0 atom stereocenters. The van der Waals surface area contributed by atoms with Gasteiger partial charge in [0.15, 0.2) is 5.82 Å². The summed E-state index contributed by atoms with van der Waals surface area (Å²) in [6.45, 7) is 0.561. The van der Waals surface area contributed by atoms with Crippen LogP contribution >= 0.6 is 0 Å². The van der Waals surface area contributed by atoms with E-state index in [0.717, 1.165) is 23.1 Å². The molecule has 3 aromatic carbocycles. The van der Waals surface area contributed by atoms with Crippen molar-refractivity contribution in [1.82, 2.24) is 10.2 Å². The topological polar surface area (TPSA) is 98.9 Å². The summed E-state index contributed by atoms with van der Waals surface area (Å²) in [5.74, 6) is 0.583. The molecule has 0 aliphatic rings. The number of rotatable bonds is 6. The lowest BCUT2D eigenvalue weighted by molar-refractivity contribution is -0.137. The van der Waals surface area contributed by atoms with Gasteiger partial charge in [0.1, 0.15) is 0 Å². The number of carbonyl (C=O) groups is 1. The van der Waals surface area contributed by atoms with Crippen molar-refractivity contribution in [2.45, 2.75) is 12.6 Å². The molecule has 0 radical (unpaired) electrons. The molecule has 2 amide bonds. The predicted octanol–water partition coefficient (Wildman–Crippen LogP) is 5.24. The Kier molecular flexibility index (Phi) is 6.48. The van der Waals surface area contributed by atoms with Crippen molar-refractivity contribution in [3.8, 4) is 0 Å². The van der Waals surface area contributed by atoms with Crippen LogP contribution in [0.5, 0.6) is 0 Å². The maximum Gasteiger partial charge on any atom is 0.416 e. The molecule has 4 aromatic rings. The molecule has 10 heteroatoms. The number of amides is 2. The summed E-state index contributed by atoms with van der Waals surface area (Å²) in [5, 5.41) is 16.0. The van der Waals surface area contributed by atoms with Crippen LogP contribution in [-0.4, -0.2) is 22.8 Å². The summed E-state index contributed by atoms with van der Waals surface area (Å²) >= 11 is 0. The minimum Gasteiger partial charge on any atom is -0.368 e. The van der Waals surface area contributed by atoms with Crippen molar-refractivity contribution >= 4 is 34.0 Å². The highest BCUT2D eigenvalue weighted by Gasteiger charge is 2.30. The monoisotopic (exact) mass is 467 g/mol. The molecular weight excluding hydrogens is 447 g/mol. The molecule has 0 aliphatic heterocycles. The number of anilines is 3. The number of nitrogens with zero attached hydrogens (tertiary/aromatic N) is 1. The molecule has 0 unspecified atom stereocenters. The third-order valence-corrected chi connectivity index (χ3v) is 5.06. The molecule has 4 rings (SSSR count). The zero-order valence-corrected chi connectivity index (χ0v) is 17.7. The van der Waals surface area contributed by atoms with Gasteiger partial charge in [0.2, 0.25) is 0 Å². The Hall–Kier alpha value is -4.34. The summed E-state index contributed by atoms with van der Waals surface area (Å²) in [5.41, 5.74) is 0.438. The first-order valence-electron chi connectivity index (χ1n) is 10.3. The van der Waals surface area contributed by atoms with Crippen LogP contribution in [0.15, 0.2) is 77.6 Å².